The van der Waals surface area contributed by atoms with Gasteiger partial charge >= 0.3 is 6.16 Å². The summed E-state index contributed by atoms with van der Waals surface area (Å²) in [6, 6.07) is 13.0. The van der Waals surface area contributed by atoms with Gasteiger partial charge in [0.1, 0.15) is 0 Å². The molecule has 0 aliphatic rings. The summed E-state index contributed by atoms with van der Waals surface area (Å²) in [5.74, 6) is 0.103. The average Bonchev–Trinajstić information content (AvgIpc) is 2.44. The summed E-state index contributed by atoms with van der Waals surface area (Å²) in [5.41, 5.74) is 1.82. The molecule has 2 aromatic carbocycles. The molecule has 0 amide bonds. The molecule has 0 N–H and O–H groups in total. The molecule has 0 spiro atoms. The van der Waals surface area contributed by atoms with Gasteiger partial charge in [-0.05, 0) is 30.2 Å². The van der Waals surface area contributed by atoms with Crippen LogP contribution in [0.3, 0.4) is 0 Å². The molecule has 0 unspecified atom stereocenters. The van der Waals surface area contributed by atoms with Gasteiger partial charge < -0.3 is 9.47 Å². The van der Waals surface area contributed by atoms with Gasteiger partial charge in [-0.2, -0.15) is 0 Å². The van der Waals surface area contributed by atoms with E-state index < -0.39 is 6.16 Å². The van der Waals surface area contributed by atoms with E-state index in [2.05, 4.69) is 0 Å². The Morgan fingerprint density at radius 2 is 1.65 bits per heavy atom. The van der Waals surface area contributed by atoms with E-state index in [0.29, 0.717) is 0 Å². The normalized spacial score (nSPS) is 10.2. The minimum absolute atomic E-state index is 0.103. The molecule has 20 heavy (non-hydrogen) atoms. The van der Waals surface area contributed by atoms with Crippen molar-refractivity contribution in [2.24, 2.45) is 0 Å². The predicted molar refractivity (Wildman–Crippen MR) is 79.5 cm³/mol. The van der Waals surface area contributed by atoms with Crippen LogP contribution in [-0.2, 0) is 4.74 Å². The fraction of sp³-hybridized carbons (Fsp3) is 0.133. The number of rotatable bonds is 3. The van der Waals surface area contributed by atoms with Gasteiger partial charge in [0.05, 0.1) is 16.7 Å². The second kappa shape index (κ2) is 6.64. The molecule has 0 saturated carbocycles. The van der Waals surface area contributed by atoms with E-state index >= 15 is 0 Å². The largest absolute Gasteiger partial charge is 0.513 e. The lowest BCUT2D eigenvalue weighted by molar-refractivity contribution is 0.104. The number of ether oxygens (including phenoxy) is 2. The predicted octanol–water partition coefficient (Wildman–Crippen LogP) is 5.20. The molecule has 0 radical (unpaired) electrons. The molecule has 104 valence electrons. The highest BCUT2D eigenvalue weighted by atomic mass is 35.5. The second-order valence-electron chi connectivity index (χ2n) is 3.92. The van der Waals surface area contributed by atoms with Crippen LogP contribution < -0.4 is 4.74 Å². The fourth-order valence-corrected chi connectivity index (χ4v) is 2.25. The summed E-state index contributed by atoms with van der Waals surface area (Å²) in [6.45, 7) is 1.90. The number of hydrogen-bond acceptors (Lipinski definition) is 3. The fourth-order valence-electron chi connectivity index (χ4n) is 1.69. The molecule has 0 aliphatic heterocycles. The van der Waals surface area contributed by atoms with Crippen LogP contribution >= 0.6 is 23.2 Å². The van der Waals surface area contributed by atoms with Crippen LogP contribution in [-0.4, -0.2) is 12.8 Å². The summed E-state index contributed by atoms with van der Waals surface area (Å²) in [5, 5.41) is 0.508. The molecule has 3 nitrogen and oxygen atoms in total. The smallest absolute Gasteiger partial charge is 0.434 e. The zero-order chi connectivity index (χ0) is 14.5. The first-order valence-electron chi connectivity index (χ1n) is 6.01. The maximum atomic E-state index is 11.3. The van der Waals surface area contributed by atoms with Crippen molar-refractivity contribution in [1.82, 2.24) is 0 Å². The molecule has 0 bridgehead atoms. The van der Waals surface area contributed by atoms with Crippen LogP contribution in [0.5, 0.6) is 5.75 Å². The highest BCUT2D eigenvalue weighted by molar-refractivity contribution is 6.37. The maximum absolute atomic E-state index is 11.3. The standard InChI is InChI=1S/C15H12Cl2O3/c1-2-19-15(18)20-14-12(16)8-11(9-13(14)17)10-6-4-3-5-7-10/h3-9H,2H2,1H3. The molecular formula is C15H12Cl2O3. The monoisotopic (exact) mass is 310 g/mol. The number of benzene rings is 2. The van der Waals surface area contributed by atoms with E-state index in [-0.39, 0.29) is 22.4 Å². The zero-order valence-corrected chi connectivity index (χ0v) is 12.2. The van der Waals surface area contributed by atoms with Crippen LogP contribution in [0.1, 0.15) is 6.92 Å². The molecule has 2 rings (SSSR count). The SMILES string of the molecule is CCOC(=O)Oc1c(Cl)cc(-c2ccccc2)cc1Cl. The Labute approximate surface area is 127 Å². The van der Waals surface area contributed by atoms with E-state index in [1.165, 1.54) is 0 Å². The maximum Gasteiger partial charge on any atom is 0.513 e. The third-order valence-electron chi connectivity index (χ3n) is 2.55. The Balaban J connectivity index is 2.32. The third kappa shape index (κ3) is 3.44. The first kappa shape index (κ1) is 14.7. The lowest BCUT2D eigenvalue weighted by Gasteiger charge is -2.10. The van der Waals surface area contributed by atoms with Crippen molar-refractivity contribution in [1.29, 1.82) is 0 Å². The zero-order valence-electron chi connectivity index (χ0n) is 10.7. The van der Waals surface area contributed by atoms with Crippen molar-refractivity contribution in [3.8, 4) is 16.9 Å². The second-order valence-corrected chi connectivity index (χ2v) is 4.73. The van der Waals surface area contributed by atoms with Crippen molar-refractivity contribution < 1.29 is 14.3 Å². The van der Waals surface area contributed by atoms with E-state index in [9.17, 15) is 4.79 Å². The van der Waals surface area contributed by atoms with Crippen LogP contribution in [0.25, 0.3) is 11.1 Å². The summed E-state index contributed by atoms with van der Waals surface area (Å²) in [6.07, 6.45) is -0.830. The van der Waals surface area contributed by atoms with E-state index in [1.54, 1.807) is 19.1 Å². The Kier molecular flexibility index (Phi) is 4.88. The minimum Gasteiger partial charge on any atom is -0.434 e. The van der Waals surface area contributed by atoms with Gasteiger partial charge in [-0.25, -0.2) is 4.79 Å². The first-order chi connectivity index (χ1) is 9.61. The van der Waals surface area contributed by atoms with Crippen LogP contribution in [0, 0.1) is 0 Å². The third-order valence-corrected chi connectivity index (χ3v) is 3.11. The number of halogens is 2. The lowest BCUT2D eigenvalue weighted by Crippen LogP contribution is -2.10. The topological polar surface area (TPSA) is 35.5 Å². The van der Waals surface area contributed by atoms with Crippen LogP contribution in [0.4, 0.5) is 4.79 Å². The highest BCUT2D eigenvalue weighted by Gasteiger charge is 2.15. The van der Waals surface area contributed by atoms with Gasteiger partial charge in [-0.15, -0.1) is 0 Å². The van der Waals surface area contributed by atoms with E-state index in [4.69, 9.17) is 32.7 Å². The highest BCUT2D eigenvalue weighted by Crippen LogP contribution is 2.37. The molecule has 5 heteroatoms. The number of carbonyl (C=O) groups excluding carboxylic acids is 1. The first-order valence-corrected chi connectivity index (χ1v) is 6.76. The molecule has 0 aromatic heterocycles. The van der Waals surface area contributed by atoms with Crippen LogP contribution in [0.2, 0.25) is 10.0 Å². The number of carbonyl (C=O) groups is 1. The van der Waals surface area contributed by atoms with Crippen molar-refractivity contribution in [2.75, 3.05) is 6.61 Å². The van der Waals surface area contributed by atoms with E-state index in [0.717, 1.165) is 11.1 Å². The van der Waals surface area contributed by atoms with Gasteiger partial charge in [0.15, 0.2) is 5.75 Å². The van der Waals surface area contributed by atoms with Gasteiger partial charge in [0.2, 0.25) is 0 Å². The Bertz CT molecular complexity index is 589. The van der Waals surface area contributed by atoms with Crippen molar-refractivity contribution >= 4 is 29.4 Å². The average molecular weight is 311 g/mol. The molecular weight excluding hydrogens is 299 g/mol. The quantitative estimate of drug-likeness (QED) is 0.577. The van der Waals surface area contributed by atoms with Crippen molar-refractivity contribution in [3.63, 3.8) is 0 Å². The van der Waals surface area contributed by atoms with Gasteiger partial charge in [0.25, 0.3) is 0 Å². The Morgan fingerprint density at radius 1 is 1.05 bits per heavy atom. The molecule has 0 aliphatic carbocycles. The lowest BCUT2D eigenvalue weighted by atomic mass is 10.1. The van der Waals surface area contributed by atoms with Crippen molar-refractivity contribution in [3.05, 3.63) is 52.5 Å². The van der Waals surface area contributed by atoms with E-state index in [1.807, 2.05) is 30.3 Å². The molecule has 2 aromatic rings. The van der Waals surface area contributed by atoms with Gasteiger partial charge in [-0.3, -0.25) is 0 Å². The van der Waals surface area contributed by atoms with Crippen LogP contribution in [0.15, 0.2) is 42.5 Å². The molecule has 0 fully saturated rings. The summed E-state index contributed by atoms with van der Waals surface area (Å²) in [7, 11) is 0. The molecule has 0 atom stereocenters. The molecule has 0 heterocycles. The molecule has 0 saturated heterocycles. The summed E-state index contributed by atoms with van der Waals surface area (Å²) < 4.78 is 9.67. The minimum atomic E-state index is -0.830. The van der Waals surface area contributed by atoms with Crippen molar-refractivity contribution in [2.45, 2.75) is 6.92 Å². The number of hydrogen-bond donors (Lipinski definition) is 0. The Morgan fingerprint density at radius 3 is 2.20 bits per heavy atom. The Hall–Kier alpha value is -1.71. The van der Waals surface area contributed by atoms with Gasteiger partial charge in [0, 0.05) is 0 Å². The van der Waals surface area contributed by atoms with Gasteiger partial charge in [-0.1, -0.05) is 53.5 Å². The summed E-state index contributed by atoms with van der Waals surface area (Å²) >= 11 is 12.2. The summed E-state index contributed by atoms with van der Waals surface area (Å²) in [4.78, 5) is 11.3.